The lowest BCUT2D eigenvalue weighted by molar-refractivity contribution is -0.117. The zero-order valence-electron chi connectivity index (χ0n) is 9.46. The molecule has 1 rings (SSSR count). The minimum atomic E-state index is 0.317. The SMILES string of the molecule is CC(=O)CCCN1CCCN(C)CC1. The fourth-order valence-electron chi connectivity index (χ4n) is 1.88. The monoisotopic (exact) mass is 198 g/mol. The van der Waals surface area contributed by atoms with E-state index in [-0.39, 0.29) is 0 Å². The first kappa shape index (κ1) is 11.7. The Balaban J connectivity index is 2.14. The molecular formula is C11H22N2O. The molecule has 0 saturated carbocycles. The van der Waals surface area contributed by atoms with Crippen LogP contribution in [0.1, 0.15) is 26.2 Å². The zero-order valence-corrected chi connectivity index (χ0v) is 9.46. The quantitative estimate of drug-likeness (QED) is 0.673. The predicted molar refractivity (Wildman–Crippen MR) is 58.5 cm³/mol. The van der Waals surface area contributed by atoms with E-state index < -0.39 is 0 Å². The number of hydrogen-bond acceptors (Lipinski definition) is 3. The Bertz CT molecular complexity index is 182. The Labute approximate surface area is 87.1 Å². The van der Waals surface area contributed by atoms with Crippen LogP contribution in [0.2, 0.25) is 0 Å². The maximum Gasteiger partial charge on any atom is 0.129 e. The molecule has 1 aliphatic rings. The highest BCUT2D eigenvalue weighted by Crippen LogP contribution is 2.03. The lowest BCUT2D eigenvalue weighted by Gasteiger charge is -2.19. The molecule has 82 valence electrons. The van der Waals surface area contributed by atoms with E-state index in [1.807, 2.05) is 0 Å². The van der Waals surface area contributed by atoms with E-state index in [4.69, 9.17) is 0 Å². The topological polar surface area (TPSA) is 23.6 Å². The van der Waals surface area contributed by atoms with Gasteiger partial charge in [0, 0.05) is 19.5 Å². The standard InChI is InChI=1S/C11H22N2O/c1-11(14)5-3-7-13-8-4-6-12(2)9-10-13/h3-10H2,1-2H3. The Hall–Kier alpha value is -0.410. The maximum absolute atomic E-state index is 10.8. The highest BCUT2D eigenvalue weighted by molar-refractivity contribution is 5.75. The Morgan fingerprint density at radius 3 is 2.71 bits per heavy atom. The molecule has 0 amide bonds. The second-order valence-electron chi connectivity index (χ2n) is 4.30. The number of likely N-dealkylation sites (N-methyl/N-ethyl adjacent to an activating group) is 1. The van der Waals surface area contributed by atoms with Crippen molar-refractivity contribution in [1.82, 2.24) is 9.80 Å². The molecule has 0 spiro atoms. The highest BCUT2D eigenvalue weighted by atomic mass is 16.1. The average Bonchev–Trinajstić information content (AvgIpc) is 2.30. The van der Waals surface area contributed by atoms with Crippen LogP contribution in [0, 0.1) is 0 Å². The van der Waals surface area contributed by atoms with Gasteiger partial charge in [0.15, 0.2) is 0 Å². The van der Waals surface area contributed by atoms with Gasteiger partial charge in [-0.2, -0.15) is 0 Å². The van der Waals surface area contributed by atoms with Gasteiger partial charge >= 0.3 is 0 Å². The smallest absolute Gasteiger partial charge is 0.129 e. The van der Waals surface area contributed by atoms with Crippen molar-refractivity contribution in [2.75, 3.05) is 39.8 Å². The van der Waals surface area contributed by atoms with Gasteiger partial charge < -0.3 is 14.6 Å². The first-order valence-electron chi connectivity index (χ1n) is 5.59. The van der Waals surface area contributed by atoms with Crippen molar-refractivity contribution < 1.29 is 4.79 Å². The van der Waals surface area contributed by atoms with Gasteiger partial charge in [-0.1, -0.05) is 0 Å². The molecule has 3 heteroatoms. The average molecular weight is 198 g/mol. The highest BCUT2D eigenvalue weighted by Gasteiger charge is 2.11. The van der Waals surface area contributed by atoms with Crippen molar-refractivity contribution in [2.24, 2.45) is 0 Å². The van der Waals surface area contributed by atoms with Gasteiger partial charge in [0.1, 0.15) is 5.78 Å². The largest absolute Gasteiger partial charge is 0.305 e. The minimum absolute atomic E-state index is 0.317. The minimum Gasteiger partial charge on any atom is -0.305 e. The third-order valence-electron chi connectivity index (χ3n) is 2.82. The van der Waals surface area contributed by atoms with Gasteiger partial charge in [0.25, 0.3) is 0 Å². The van der Waals surface area contributed by atoms with Gasteiger partial charge in [0.05, 0.1) is 0 Å². The number of carbonyl (C=O) groups is 1. The summed E-state index contributed by atoms with van der Waals surface area (Å²) >= 11 is 0. The summed E-state index contributed by atoms with van der Waals surface area (Å²) in [6.07, 6.45) is 3.03. The van der Waals surface area contributed by atoms with Crippen LogP contribution < -0.4 is 0 Å². The third kappa shape index (κ3) is 4.72. The van der Waals surface area contributed by atoms with Crippen molar-refractivity contribution in [3.05, 3.63) is 0 Å². The molecule has 0 aromatic rings. The molecule has 0 N–H and O–H groups in total. The molecule has 0 aromatic carbocycles. The predicted octanol–water partition coefficient (Wildman–Crippen LogP) is 0.993. The summed E-state index contributed by atoms with van der Waals surface area (Å²) in [4.78, 5) is 15.6. The molecule has 0 bridgehead atoms. The second kappa shape index (κ2) is 6.14. The molecule has 1 heterocycles. The van der Waals surface area contributed by atoms with Gasteiger partial charge in [-0.3, -0.25) is 0 Å². The van der Waals surface area contributed by atoms with E-state index in [0.29, 0.717) is 5.78 Å². The molecule has 0 atom stereocenters. The Morgan fingerprint density at radius 2 is 2.00 bits per heavy atom. The normalized spacial score (nSPS) is 20.7. The number of carbonyl (C=O) groups excluding carboxylic acids is 1. The van der Waals surface area contributed by atoms with E-state index in [2.05, 4.69) is 16.8 Å². The Kier molecular flexibility index (Phi) is 5.12. The Morgan fingerprint density at radius 1 is 1.21 bits per heavy atom. The number of ketones is 1. The van der Waals surface area contributed by atoms with Crippen molar-refractivity contribution in [2.45, 2.75) is 26.2 Å². The lowest BCUT2D eigenvalue weighted by atomic mass is 10.2. The third-order valence-corrected chi connectivity index (χ3v) is 2.82. The van der Waals surface area contributed by atoms with Gasteiger partial charge in [-0.05, 0) is 46.4 Å². The molecule has 0 unspecified atom stereocenters. The van der Waals surface area contributed by atoms with Crippen molar-refractivity contribution in [1.29, 1.82) is 0 Å². The van der Waals surface area contributed by atoms with E-state index in [9.17, 15) is 4.79 Å². The molecular weight excluding hydrogens is 176 g/mol. The van der Waals surface area contributed by atoms with E-state index in [1.165, 1.54) is 26.1 Å². The number of nitrogens with zero attached hydrogens (tertiary/aromatic N) is 2. The summed E-state index contributed by atoms with van der Waals surface area (Å²) in [7, 11) is 2.18. The van der Waals surface area contributed by atoms with Crippen molar-refractivity contribution in [3.63, 3.8) is 0 Å². The molecule has 1 aliphatic heterocycles. The summed E-state index contributed by atoms with van der Waals surface area (Å²) in [5.74, 6) is 0.317. The van der Waals surface area contributed by atoms with Crippen LogP contribution in [0.4, 0.5) is 0 Å². The molecule has 0 aromatic heterocycles. The van der Waals surface area contributed by atoms with Crippen LogP contribution in [0.3, 0.4) is 0 Å². The first-order chi connectivity index (χ1) is 6.68. The van der Waals surface area contributed by atoms with Gasteiger partial charge in [0.2, 0.25) is 0 Å². The van der Waals surface area contributed by atoms with Crippen LogP contribution in [0.5, 0.6) is 0 Å². The lowest BCUT2D eigenvalue weighted by Crippen LogP contribution is -2.29. The molecule has 1 fully saturated rings. The van der Waals surface area contributed by atoms with Crippen molar-refractivity contribution in [3.8, 4) is 0 Å². The number of Topliss-reactive ketones (excluding diaryl/α,β-unsaturated/α-hetero) is 1. The van der Waals surface area contributed by atoms with Crippen molar-refractivity contribution >= 4 is 5.78 Å². The van der Waals surface area contributed by atoms with Crippen LogP contribution in [-0.2, 0) is 4.79 Å². The summed E-state index contributed by atoms with van der Waals surface area (Å²) in [5.41, 5.74) is 0. The number of rotatable bonds is 4. The molecule has 0 radical (unpaired) electrons. The van der Waals surface area contributed by atoms with E-state index in [1.54, 1.807) is 6.92 Å². The second-order valence-corrected chi connectivity index (χ2v) is 4.30. The summed E-state index contributed by atoms with van der Waals surface area (Å²) in [6, 6.07) is 0. The fourth-order valence-corrected chi connectivity index (χ4v) is 1.88. The fraction of sp³-hybridized carbons (Fsp3) is 0.909. The summed E-state index contributed by atoms with van der Waals surface area (Å²) in [5, 5.41) is 0. The maximum atomic E-state index is 10.8. The summed E-state index contributed by atoms with van der Waals surface area (Å²) in [6.45, 7) is 7.50. The molecule has 14 heavy (non-hydrogen) atoms. The van der Waals surface area contributed by atoms with Crippen LogP contribution in [0.15, 0.2) is 0 Å². The molecule has 1 saturated heterocycles. The van der Waals surface area contributed by atoms with Gasteiger partial charge in [-0.15, -0.1) is 0 Å². The van der Waals surface area contributed by atoms with Crippen LogP contribution >= 0.6 is 0 Å². The molecule has 3 nitrogen and oxygen atoms in total. The first-order valence-corrected chi connectivity index (χ1v) is 5.59. The molecule has 0 aliphatic carbocycles. The van der Waals surface area contributed by atoms with E-state index >= 15 is 0 Å². The summed E-state index contributed by atoms with van der Waals surface area (Å²) < 4.78 is 0. The number of hydrogen-bond donors (Lipinski definition) is 0. The van der Waals surface area contributed by atoms with E-state index in [0.717, 1.165) is 25.9 Å². The van der Waals surface area contributed by atoms with Gasteiger partial charge in [-0.25, -0.2) is 0 Å². The zero-order chi connectivity index (χ0) is 10.4. The van der Waals surface area contributed by atoms with Crippen LogP contribution in [0.25, 0.3) is 0 Å². The van der Waals surface area contributed by atoms with Crippen LogP contribution in [-0.4, -0.2) is 55.4 Å².